The number of pyridine rings is 1. The number of hydrogen-bond donors (Lipinski definition) is 1. The summed E-state index contributed by atoms with van der Waals surface area (Å²) in [5, 5.41) is 7.42. The van der Waals surface area contributed by atoms with Crippen LogP contribution in [0, 0.1) is 0 Å². The van der Waals surface area contributed by atoms with Gasteiger partial charge < -0.3 is 9.84 Å². The van der Waals surface area contributed by atoms with Crippen LogP contribution in [-0.4, -0.2) is 16.7 Å². The van der Waals surface area contributed by atoms with Crippen LogP contribution < -0.4 is 5.32 Å². The van der Waals surface area contributed by atoms with E-state index in [4.69, 9.17) is 4.52 Å². The summed E-state index contributed by atoms with van der Waals surface area (Å²) in [7, 11) is 0. The Hall–Kier alpha value is -1.68. The molecule has 2 aromatic rings. The smallest absolute Gasteiger partial charge is 0.171 e. The number of aromatic nitrogens is 2. The van der Waals surface area contributed by atoms with Crippen molar-refractivity contribution in [3.05, 3.63) is 35.8 Å². The Morgan fingerprint density at radius 2 is 2.13 bits per heavy atom. The number of rotatable bonds is 1. The second-order valence-corrected chi connectivity index (χ2v) is 3.60. The summed E-state index contributed by atoms with van der Waals surface area (Å²) in [4.78, 5) is 3.99. The molecule has 1 aliphatic rings. The molecule has 0 saturated carbocycles. The molecular formula is C11H11N3O. The Morgan fingerprint density at radius 1 is 1.27 bits per heavy atom. The molecule has 1 N–H and O–H groups in total. The van der Waals surface area contributed by atoms with Crippen LogP contribution in [0.1, 0.15) is 11.3 Å². The van der Waals surface area contributed by atoms with Crippen molar-refractivity contribution < 1.29 is 4.52 Å². The second-order valence-electron chi connectivity index (χ2n) is 3.60. The molecule has 0 amide bonds. The van der Waals surface area contributed by atoms with Crippen LogP contribution in [-0.2, 0) is 13.0 Å². The summed E-state index contributed by atoms with van der Waals surface area (Å²) >= 11 is 0. The van der Waals surface area contributed by atoms with E-state index in [1.165, 1.54) is 5.56 Å². The minimum Gasteiger partial charge on any atom is -0.356 e. The summed E-state index contributed by atoms with van der Waals surface area (Å²) in [6.45, 7) is 1.83. The first kappa shape index (κ1) is 8.61. The van der Waals surface area contributed by atoms with Gasteiger partial charge in [-0.25, -0.2) is 0 Å². The summed E-state index contributed by atoms with van der Waals surface area (Å²) < 4.78 is 5.39. The molecule has 0 aromatic carbocycles. The highest BCUT2D eigenvalue weighted by molar-refractivity contribution is 5.61. The van der Waals surface area contributed by atoms with Gasteiger partial charge in [0.15, 0.2) is 5.76 Å². The number of nitrogens with zero attached hydrogens (tertiary/aromatic N) is 2. The number of nitrogens with one attached hydrogen (secondary N) is 1. The van der Waals surface area contributed by atoms with E-state index in [0.717, 1.165) is 36.5 Å². The molecule has 3 heterocycles. The van der Waals surface area contributed by atoms with Crippen LogP contribution in [0.3, 0.4) is 0 Å². The van der Waals surface area contributed by atoms with Gasteiger partial charge in [-0.05, 0) is 12.1 Å². The molecule has 3 rings (SSSR count). The molecular weight excluding hydrogens is 190 g/mol. The van der Waals surface area contributed by atoms with Crippen molar-refractivity contribution in [1.82, 2.24) is 15.5 Å². The Kier molecular flexibility index (Phi) is 1.99. The van der Waals surface area contributed by atoms with Crippen molar-refractivity contribution in [3.63, 3.8) is 0 Å². The monoisotopic (exact) mass is 201 g/mol. The number of hydrogen-bond acceptors (Lipinski definition) is 4. The quantitative estimate of drug-likeness (QED) is 0.757. The van der Waals surface area contributed by atoms with Crippen molar-refractivity contribution in [1.29, 1.82) is 0 Å². The fourth-order valence-corrected chi connectivity index (χ4v) is 1.87. The zero-order chi connectivity index (χ0) is 10.1. The zero-order valence-corrected chi connectivity index (χ0v) is 8.23. The molecule has 0 radical (unpaired) electrons. The lowest BCUT2D eigenvalue weighted by Crippen LogP contribution is -2.23. The summed E-state index contributed by atoms with van der Waals surface area (Å²) in [6.07, 6.45) is 4.48. The molecule has 2 aromatic heterocycles. The fraction of sp³-hybridized carbons (Fsp3) is 0.273. The first-order chi connectivity index (χ1) is 7.45. The zero-order valence-electron chi connectivity index (χ0n) is 8.23. The standard InChI is InChI=1S/C11H11N3O/c1-4-12-5-2-8(1)11-9-7-13-6-3-10(9)14-15-11/h1-2,4-5,13H,3,6-7H2. The predicted octanol–water partition coefficient (Wildman–Crippen LogP) is 1.38. The normalized spacial score (nSPS) is 14.9. The third-order valence-electron chi connectivity index (χ3n) is 2.65. The van der Waals surface area contributed by atoms with Crippen molar-refractivity contribution in [2.75, 3.05) is 6.54 Å². The van der Waals surface area contributed by atoms with Gasteiger partial charge in [-0.15, -0.1) is 0 Å². The lowest BCUT2D eigenvalue weighted by atomic mass is 10.0. The molecule has 0 saturated heterocycles. The summed E-state index contributed by atoms with van der Waals surface area (Å²) in [5.74, 6) is 0.875. The Bertz CT molecular complexity index is 464. The van der Waals surface area contributed by atoms with Crippen LogP contribution in [0.2, 0.25) is 0 Å². The van der Waals surface area contributed by atoms with Gasteiger partial charge in [0.25, 0.3) is 0 Å². The van der Waals surface area contributed by atoms with Gasteiger partial charge >= 0.3 is 0 Å². The Morgan fingerprint density at radius 3 is 3.00 bits per heavy atom. The molecule has 0 unspecified atom stereocenters. The predicted molar refractivity (Wildman–Crippen MR) is 55.1 cm³/mol. The number of fused-ring (bicyclic) bond motifs is 1. The SMILES string of the molecule is c1cc(-c2onc3c2CNCC3)ccn1. The molecule has 0 atom stereocenters. The van der Waals surface area contributed by atoms with E-state index >= 15 is 0 Å². The topological polar surface area (TPSA) is 51.0 Å². The average molecular weight is 201 g/mol. The van der Waals surface area contributed by atoms with Gasteiger partial charge in [-0.2, -0.15) is 0 Å². The molecule has 4 heteroatoms. The maximum atomic E-state index is 5.39. The maximum Gasteiger partial charge on any atom is 0.171 e. The fourth-order valence-electron chi connectivity index (χ4n) is 1.87. The highest BCUT2D eigenvalue weighted by Gasteiger charge is 2.19. The highest BCUT2D eigenvalue weighted by Crippen LogP contribution is 2.27. The molecule has 0 fully saturated rings. The molecule has 1 aliphatic heterocycles. The van der Waals surface area contributed by atoms with Crippen molar-refractivity contribution in [2.45, 2.75) is 13.0 Å². The third kappa shape index (κ3) is 1.43. The minimum absolute atomic E-state index is 0.844. The van der Waals surface area contributed by atoms with Gasteiger partial charge in [-0.3, -0.25) is 4.98 Å². The van der Waals surface area contributed by atoms with Crippen LogP contribution in [0.25, 0.3) is 11.3 Å². The molecule has 4 nitrogen and oxygen atoms in total. The second kappa shape index (κ2) is 3.47. The van der Waals surface area contributed by atoms with Crippen molar-refractivity contribution in [2.24, 2.45) is 0 Å². The van der Waals surface area contributed by atoms with Crippen molar-refractivity contribution in [3.8, 4) is 11.3 Å². The van der Waals surface area contributed by atoms with Crippen LogP contribution in [0.4, 0.5) is 0 Å². The average Bonchev–Trinajstić information content (AvgIpc) is 2.74. The molecule has 0 spiro atoms. The molecule has 0 aliphatic carbocycles. The van der Waals surface area contributed by atoms with E-state index in [1.54, 1.807) is 12.4 Å². The van der Waals surface area contributed by atoms with Crippen molar-refractivity contribution >= 4 is 0 Å². The van der Waals surface area contributed by atoms with Gasteiger partial charge in [0.2, 0.25) is 0 Å². The molecule has 0 bridgehead atoms. The van der Waals surface area contributed by atoms with E-state index in [1.807, 2.05) is 12.1 Å². The van der Waals surface area contributed by atoms with Gasteiger partial charge in [0.05, 0.1) is 5.69 Å². The van der Waals surface area contributed by atoms with E-state index in [9.17, 15) is 0 Å². The molecule has 76 valence electrons. The Balaban J connectivity index is 2.09. The minimum atomic E-state index is 0.844. The summed E-state index contributed by atoms with van der Waals surface area (Å²) in [5.41, 5.74) is 3.32. The van der Waals surface area contributed by atoms with Crippen LogP contribution in [0.15, 0.2) is 29.0 Å². The molecule has 15 heavy (non-hydrogen) atoms. The largest absolute Gasteiger partial charge is 0.356 e. The van der Waals surface area contributed by atoms with E-state index in [0.29, 0.717) is 0 Å². The Labute approximate surface area is 87.3 Å². The lowest BCUT2D eigenvalue weighted by Gasteiger charge is -2.10. The van der Waals surface area contributed by atoms with Gasteiger partial charge in [0.1, 0.15) is 0 Å². The van der Waals surface area contributed by atoms with E-state index in [2.05, 4.69) is 15.5 Å². The van der Waals surface area contributed by atoms with Gasteiger partial charge in [0, 0.05) is 43.0 Å². The first-order valence-corrected chi connectivity index (χ1v) is 5.03. The third-order valence-corrected chi connectivity index (χ3v) is 2.65. The highest BCUT2D eigenvalue weighted by atomic mass is 16.5. The van der Waals surface area contributed by atoms with Crippen LogP contribution in [0.5, 0.6) is 0 Å². The van der Waals surface area contributed by atoms with Crippen LogP contribution >= 0.6 is 0 Å². The first-order valence-electron chi connectivity index (χ1n) is 5.03. The maximum absolute atomic E-state index is 5.39. The van der Waals surface area contributed by atoms with Gasteiger partial charge in [-0.1, -0.05) is 5.16 Å². The van der Waals surface area contributed by atoms with E-state index < -0.39 is 0 Å². The lowest BCUT2D eigenvalue weighted by molar-refractivity contribution is 0.423. The summed E-state index contributed by atoms with van der Waals surface area (Å²) in [6, 6.07) is 3.88. The van der Waals surface area contributed by atoms with E-state index in [-0.39, 0.29) is 0 Å².